The van der Waals surface area contributed by atoms with Gasteiger partial charge in [0.15, 0.2) is 0 Å². The molecule has 1 aliphatic rings. The number of nitrogens with one attached hydrogen (secondary N) is 1. The van der Waals surface area contributed by atoms with Gasteiger partial charge in [-0.2, -0.15) is 5.10 Å². The molecule has 1 unspecified atom stereocenters. The molecule has 0 spiro atoms. The zero-order chi connectivity index (χ0) is 13.0. The van der Waals surface area contributed by atoms with Crippen LogP contribution in [0.5, 0.6) is 0 Å². The molecular formula is C12H21ClN4O. The van der Waals surface area contributed by atoms with Crippen LogP contribution < -0.4 is 11.3 Å². The topological polar surface area (TPSA) is 65.1 Å². The highest BCUT2D eigenvalue weighted by Gasteiger charge is 2.29. The predicted molar refractivity (Wildman–Crippen MR) is 71.1 cm³/mol. The second kappa shape index (κ2) is 6.52. The summed E-state index contributed by atoms with van der Waals surface area (Å²) in [4.78, 5) is 0. The molecule has 1 aromatic rings. The fraction of sp³-hybridized carbons (Fsp3) is 0.750. The number of nitrogens with zero attached hydrogens (tertiary/aromatic N) is 2. The van der Waals surface area contributed by atoms with Crippen molar-refractivity contribution < 1.29 is 4.74 Å². The molecule has 6 heteroatoms. The van der Waals surface area contributed by atoms with Crippen molar-refractivity contribution in [2.45, 2.75) is 38.3 Å². The van der Waals surface area contributed by atoms with E-state index in [9.17, 15) is 0 Å². The van der Waals surface area contributed by atoms with Crippen molar-refractivity contribution in [2.75, 3.05) is 13.7 Å². The van der Waals surface area contributed by atoms with E-state index < -0.39 is 0 Å². The number of hydrogen-bond acceptors (Lipinski definition) is 4. The average molecular weight is 273 g/mol. The molecule has 2 rings (SSSR count). The maximum atomic E-state index is 6.26. The number of halogens is 1. The van der Waals surface area contributed by atoms with Gasteiger partial charge in [-0.3, -0.25) is 16.0 Å². The van der Waals surface area contributed by atoms with Gasteiger partial charge in [0.2, 0.25) is 0 Å². The van der Waals surface area contributed by atoms with E-state index in [1.54, 1.807) is 13.3 Å². The number of ether oxygens (including phenoxy) is 1. The molecule has 5 nitrogen and oxygen atoms in total. The van der Waals surface area contributed by atoms with Crippen molar-refractivity contribution in [2.24, 2.45) is 11.8 Å². The minimum atomic E-state index is 0.0827. The van der Waals surface area contributed by atoms with E-state index in [2.05, 4.69) is 10.5 Å². The van der Waals surface area contributed by atoms with Gasteiger partial charge in [0.05, 0.1) is 36.1 Å². The largest absolute Gasteiger partial charge is 0.383 e. The number of hydrazine groups is 1. The van der Waals surface area contributed by atoms with Crippen LogP contribution in [0.15, 0.2) is 6.20 Å². The first kappa shape index (κ1) is 13.8. The smallest absolute Gasteiger partial charge is 0.0834 e. The molecule has 0 bridgehead atoms. The van der Waals surface area contributed by atoms with Crippen molar-refractivity contribution in [3.8, 4) is 0 Å². The van der Waals surface area contributed by atoms with Crippen LogP contribution in [0.1, 0.15) is 37.4 Å². The molecule has 3 N–H and O–H groups in total. The Balaban J connectivity index is 2.20. The maximum Gasteiger partial charge on any atom is 0.0834 e. The third kappa shape index (κ3) is 2.85. The monoisotopic (exact) mass is 272 g/mol. The van der Waals surface area contributed by atoms with Gasteiger partial charge in [0.25, 0.3) is 0 Å². The van der Waals surface area contributed by atoms with E-state index in [1.807, 2.05) is 4.68 Å². The first-order chi connectivity index (χ1) is 8.77. The molecule has 1 atom stereocenters. The fourth-order valence-corrected chi connectivity index (χ4v) is 3.02. The van der Waals surface area contributed by atoms with Crippen LogP contribution in [0.2, 0.25) is 5.02 Å². The molecule has 1 fully saturated rings. The van der Waals surface area contributed by atoms with Gasteiger partial charge < -0.3 is 4.74 Å². The average Bonchev–Trinajstić information content (AvgIpc) is 3.00. The number of aromatic nitrogens is 2. The number of methoxy groups -OCH3 is 1. The van der Waals surface area contributed by atoms with E-state index in [1.165, 1.54) is 25.7 Å². The van der Waals surface area contributed by atoms with Gasteiger partial charge in [-0.25, -0.2) is 0 Å². The van der Waals surface area contributed by atoms with E-state index in [0.29, 0.717) is 24.1 Å². The Hall–Kier alpha value is -0.620. The first-order valence-electron chi connectivity index (χ1n) is 6.44. The van der Waals surface area contributed by atoms with Crippen LogP contribution in [0.3, 0.4) is 0 Å². The number of rotatable bonds is 6. The third-order valence-electron chi connectivity index (χ3n) is 3.69. The normalized spacial score (nSPS) is 18.4. The van der Waals surface area contributed by atoms with Crippen molar-refractivity contribution >= 4 is 11.6 Å². The van der Waals surface area contributed by atoms with Crippen molar-refractivity contribution in [3.63, 3.8) is 0 Å². The second-order valence-corrected chi connectivity index (χ2v) is 5.19. The van der Waals surface area contributed by atoms with Crippen LogP contribution >= 0.6 is 11.6 Å². The number of hydrogen-bond donors (Lipinski definition) is 2. The predicted octanol–water partition coefficient (Wildman–Crippen LogP) is 1.88. The van der Waals surface area contributed by atoms with Crippen LogP contribution in [-0.2, 0) is 11.3 Å². The van der Waals surface area contributed by atoms with Crippen LogP contribution in [0.4, 0.5) is 0 Å². The Morgan fingerprint density at radius 1 is 1.61 bits per heavy atom. The lowest BCUT2D eigenvalue weighted by Gasteiger charge is -2.24. The van der Waals surface area contributed by atoms with Gasteiger partial charge in [-0.15, -0.1) is 0 Å². The van der Waals surface area contributed by atoms with Gasteiger partial charge in [0, 0.05) is 7.11 Å². The summed E-state index contributed by atoms with van der Waals surface area (Å²) in [7, 11) is 1.68. The molecule has 1 heterocycles. The summed E-state index contributed by atoms with van der Waals surface area (Å²) in [5, 5.41) is 4.98. The molecule has 0 aromatic carbocycles. The Kier molecular flexibility index (Phi) is 5.00. The summed E-state index contributed by atoms with van der Waals surface area (Å²) in [6, 6.07) is 0.0827. The van der Waals surface area contributed by atoms with Crippen molar-refractivity contribution in [1.29, 1.82) is 0 Å². The highest BCUT2D eigenvalue weighted by molar-refractivity contribution is 6.31. The molecule has 102 valence electrons. The lowest BCUT2D eigenvalue weighted by Crippen LogP contribution is -2.34. The van der Waals surface area contributed by atoms with Crippen LogP contribution in [0, 0.1) is 5.92 Å². The molecular weight excluding hydrogens is 252 g/mol. The second-order valence-electron chi connectivity index (χ2n) is 4.78. The van der Waals surface area contributed by atoms with Crippen LogP contribution in [0.25, 0.3) is 0 Å². The molecule has 18 heavy (non-hydrogen) atoms. The van der Waals surface area contributed by atoms with E-state index in [-0.39, 0.29) is 6.04 Å². The molecule has 0 amide bonds. The summed E-state index contributed by atoms with van der Waals surface area (Å²) in [5.41, 5.74) is 3.91. The Bertz CT molecular complexity index is 376. The standard InChI is InChI=1S/C12H21ClN4O/c1-18-7-6-17-12(10(13)8-15-17)11(16-14)9-4-2-3-5-9/h8-9,11,16H,2-7,14H2,1H3. The zero-order valence-corrected chi connectivity index (χ0v) is 11.5. The minimum absolute atomic E-state index is 0.0827. The molecule has 1 saturated carbocycles. The molecule has 0 aliphatic heterocycles. The Morgan fingerprint density at radius 2 is 2.33 bits per heavy atom. The summed E-state index contributed by atoms with van der Waals surface area (Å²) in [6.45, 7) is 1.32. The van der Waals surface area contributed by atoms with Gasteiger partial charge in [0.1, 0.15) is 0 Å². The maximum absolute atomic E-state index is 6.26. The Labute approximate surface area is 113 Å². The first-order valence-corrected chi connectivity index (χ1v) is 6.82. The van der Waals surface area contributed by atoms with Gasteiger partial charge in [-0.1, -0.05) is 24.4 Å². The van der Waals surface area contributed by atoms with E-state index in [4.69, 9.17) is 22.2 Å². The van der Waals surface area contributed by atoms with E-state index >= 15 is 0 Å². The molecule has 0 saturated heterocycles. The van der Waals surface area contributed by atoms with Crippen molar-refractivity contribution in [3.05, 3.63) is 16.9 Å². The quantitative estimate of drug-likeness (QED) is 0.613. The highest BCUT2D eigenvalue weighted by Crippen LogP contribution is 2.37. The lowest BCUT2D eigenvalue weighted by atomic mass is 9.96. The highest BCUT2D eigenvalue weighted by atomic mass is 35.5. The molecule has 1 aliphatic carbocycles. The Morgan fingerprint density at radius 3 is 2.94 bits per heavy atom. The zero-order valence-electron chi connectivity index (χ0n) is 10.7. The van der Waals surface area contributed by atoms with E-state index in [0.717, 1.165) is 5.69 Å². The van der Waals surface area contributed by atoms with Gasteiger partial charge in [-0.05, 0) is 18.8 Å². The SMILES string of the molecule is COCCn1ncc(Cl)c1C(NN)C1CCCC1. The summed E-state index contributed by atoms with van der Waals surface area (Å²) >= 11 is 6.26. The summed E-state index contributed by atoms with van der Waals surface area (Å²) in [5.74, 6) is 6.28. The summed E-state index contributed by atoms with van der Waals surface area (Å²) in [6.07, 6.45) is 6.62. The van der Waals surface area contributed by atoms with Crippen molar-refractivity contribution in [1.82, 2.24) is 15.2 Å². The minimum Gasteiger partial charge on any atom is -0.383 e. The number of nitrogens with two attached hydrogens (primary N) is 1. The van der Waals surface area contributed by atoms with Gasteiger partial charge >= 0.3 is 0 Å². The van der Waals surface area contributed by atoms with Crippen LogP contribution in [-0.4, -0.2) is 23.5 Å². The molecule has 1 aromatic heterocycles. The summed E-state index contributed by atoms with van der Waals surface area (Å²) < 4.78 is 6.99. The third-order valence-corrected chi connectivity index (χ3v) is 3.98. The molecule has 0 radical (unpaired) electrons. The lowest BCUT2D eigenvalue weighted by molar-refractivity contribution is 0.180. The fourth-order valence-electron chi connectivity index (χ4n) is 2.77.